The van der Waals surface area contributed by atoms with Gasteiger partial charge in [-0.05, 0) is 35.7 Å². The van der Waals surface area contributed by atoms with Crippen LogP contribution >= 0.6 is 15.9 Å². The number of hydrogen-bond donors (Lipinski definition) is 1. The molecule has 2 N–H and O–H groups in total. The first-order chi connectivity index (χ1) is 7.43. The van der Waals surface area contributed by atoms with Gasteiger partial charge in [0, 0.05) is 12.6 Å². The van der Waals surface area contributed by atoms with Gasteiger partial charge in [0.2, 0.25) is 0 Å². The molecule has 0 atom stereocenters. The predicted molar refractivity (Wildman–Crippen MR) is 71.5 cm³/mol. The van der Waals surface area contributed by atoms with Gasteiger partial charge in [-0.2, -0.15) is 0 Å². The average Bonchev–Trinajstić information content (AvgIpc) is 2.18. The van der Waals surface area contributed by atoms with Crippen molar-refractivity contribution in [2.75, 3.05) is 17.2 Å². The molecule has 0 aromatic carbocycles. The first-order valence-corrected chi connectivity index (χ1v) is 6.25. The Morgan fingerprint density at radius 2 is 1.94 bits per heavy atom. The highest BCUT2D eigenvalue weighted by atomic mass is 79.9. The first kappa shape index (κ1) is 13.2. The number of nitrogens with two attached hydrogens (primary N) is 1. The molecule has 0 saturated heterocycles. The standard InChI is InChI=1S/C11H19BrN4/c1-7(2)5-16(8(3)4)11-9(12)10(13)14-6-15-11/h6-8H,5H2,1-4H3,(H2,13,14,15). The summed E-state index contributed by atoms with van der Waals surface area (Å²) in [5.74, 6) is 1.93. The maximum absolute atomic E-state index is 5.76. The minimum Gasteiger partial charge on any atom is -0.383 e. The van der Waals surface area contributed by atoms with Crippen LogP contribution in [-0.4, -0.2) is 22.6 Å². The number of rotatable bonds is 4. The molecule has 0 aliphatic rings. The fourth-order valence-electron chi connectivity index (χ4n) is 1.51. The average molecular weight is 287 g/mol. The van der Waals surface area contributed by atoms with E-state index in [1.165, 1.54) is 6.33 Å². The van der Waals surface area contributed by atoms with E-state index in [0.29, 0.717) is 17.8 Å². The van der Waals surface area contributed by atoms with Gasteiger partial charge in [0.05, 0.1) is 0 Å². The van der Waals surface area contributed by atoms with Gasteiger partial charge in [-0.1, -0.05) is 13.8 Å². The van der Waals surface area contributed by atoms with Crippen molar-refractivity contribution < 1.29 is 0 Å². The molecule has 0 aliphatic heterocycles. The summed E-state index contributed by atoms with van der Waals surface area (Å²) in [6.45, 7) is 9.62. The molecule has 1 rings (SSSR count). The second-order valence-electron chi connectivity index (χ2n) is 4.54. The van der Waals surface area contributed by atoms with E-state index >= 15 is 0 Å². The lowest BCUT2D eigenvalue weighted by atomic mass is 10.2. The smallest absolute Gasteiger partial charge is 0.148 e. The number of nitrogens with zero attached hydrogens (tertiary/aromatic N) is 3. The molecular formula is C11H19BrN4. The quantitative estimate of drug-likeness (QED) is 0.925. The molecule has 1 aromatic heterocycles. The molecule has 0 aliphatic carbocycles. The van der Waals surface area contributed by atoms with Crippen molar-refractivity contribution in [2.45, 2.75) is 33.7 Å². The van der Waals surface area contributed by atoms with Crippen LogP contribution in [0.25, 0.3) is 0 Å². The van der Waals surface area contributed by atoms with Crippen molar-refractivity contribution in [1.82, 2.24) is 9.97 Å². The molecule has 0 fully saturated rings. The lowest BCUT2D eigenvalue weighted by Crippen LogP contribution is -2.35. The van der Waals surface area contributed by atoms with E-state index in [4.69, 9.17) is 5.73 Å². The highest BCUT2D eigenvalue weighted by molar-refractivity contribution is 9.10. The summed E-state index contributed by atoms with van der Waals surface area (Å²) in [7, 11) is 0. The van der Waals surface area contributed by atoms with E-state index in [-0.39, 0.29) is 0 Å². The maximum Gasteiger partial charge on any atom is 0.148 e. The van der Waals surface area contributed by atoms with E-state index in [9.17, 15) is 0 Å². The molecule has 1 aromatic rings. The number of halogens is 1. The van der Waals surface area contributed by atoms with Crippen LogP contribution in [0.15, 0.2) is 10.8 Å². The van der Waals surface area contributed by atoms with Gasteiger partial charge in [0.25, 0.3) is 0 Å². The van der Waals surface area contributed by atoms with Crippen molar-refractivity contribution >= 4 is 27.6 Å². The lowest BCUT2D eigenvalue weighted by molar-refractivity contribution is 0.565. The van der Waals surface area contributed by atoms with Crippen molar-refractivity contribution in [3.05, 3.63) is 10.8 Å². The fourth-order valence-corrected chi connectivity index (χ4v) is 1.94. The van der Waals surface area contributed by atoms with Crippen LogP contribution in [0.2, 0.25) is 0 Å². The molecule has 0 spiro atoms. The molecule has 0 amide bonds. The van der Waals surface area contributed by atoms with Gasteiger partial charge in [0.15, 0.2) is 0 Å². The fraction of sp³-hybridized carbons (Fsp3) is 0.636. The zero-order valence-corrected chi connectivity index (χ0v) is 11.8. The summed E-state index contributed by atoms with van der Waals surface area (Å²) in [6.07, 6.45) is 1.51. The minimum atomic E-state index is 0.382. The Kier molecular flexibility index (Phi) is 4.53. The van der Waals surface area contributed by atoms with Gasteiger partial charge in [-0.15, -0.1) is 0 Å². The molecule has 90 valence electrons. The van der Waals surface area contributed by atoms with Crippen LogP contribution in [0, 0.1) is 5.92 Å². The zero-order chi connectivity index (χ0) is 12.3. The summed E-state index contributed by atoms with van der Waals surface area (Å²) < 4.78 is 0.782. The summed E-state index contributed by atoms with van der Waals surface area (Å²) in [4.78, 5) is 10.5. The largest absolute Gasteiger partial charge is 0.383 e. The lowest BCUT2D eigenvalue weighted by Gasteiger charge is -2.30. The van der Waals surface area contributed by atoms with Crippen molar-refractivity contribution in [3.8, 4) is 0 Å². The van der Waals surface area contributed by atoms with Crippen molar-refractivity contribution in [1.29, 1.82) is 0 Å². The van der Waals surface area contributed by atoms with Crippen LogP contribution in [0.1, 0.15) is 27.7 Å². The Labute approximate surface area is 105 Å². The van der Waals surface area contributed by atoms with Gasteiger partial charge >= 0.3 is 0 Å². The molecule has 0 unspecified atom stereocenters. The van der Waals surface area contributed by atoms with Crippen molar-refractivity contribution in [3.63, 3.8) is 0 Å². The summed E-state index contributed by atoms with van der Waals surface area (Å²) in [5, 5.41) is 0. The first-order valence-electron chi connectivity index (χ1n) is 5.46. The minimum absolute atomic E-state index is 0.382. The van der Waals surface area contributed by atoms with Crippen LogP contribution in [-0.2, 0) is 0 Å². The van der Waals surface area contributed by atoms with E-state index < -0.39 is 0 Å². The Morgan fingerprint density at radius 1 is 1.31 bits per heavy atom. The third-order valence-electron chi connectivity index (χ3n) is 2.26. The third-order valence-corrected chi connectivity index (χ3v) is 3.02. The number of anilines is 2. The van der Waals surface area contributed by atoms with Gasteiger partial charge in [0.1, 0.15) is 22.4 Å². The molecule has 4 nitrogen and oxygen atoms in total. The SMILES string of the molecule is CC(C)CN(c1ncnc(N)c1Br)C(C)C. The Bertz CT molecular complexity index is 352. The summed E-state index contributed by atoms with van der Waals surface area (Å²) >= 11 is 3.45. The van der Waals surface area contributed by atoms with Crippen LogP contribution in [0.3, 0.4) is 0 Å². The van der Waals surface area contributed by atoms with E-state index in [1.54, 1.807) is 0 Å². The Hall–Kier alpha value is -0.840. The van der Waals surface area contributed by atoms with E-state index in [1.807, 2.05) is 0 Å². The van der Waals surface area contributed by atoms with Gasteiger partial charge in [-0.3, -0.25) is 0 Å². The Balaban J connectivity index is 3.06. The van der Waals surface area contributed by atoms with Crippen LogP contribution in [0.4, 0.5) is 11.6 Å². The highest BCUT2D eigenvalue weighted by Crippen LogP contribution is 2.29. The second kappa shape index (κ2) is 5.48. The molecule has 0 bridgehead atoms. The normalized spacial score (nSPS) is 11.2. The van der Waals surface area contributed by atoms with Gasteiger partial charge in [-0.25, -0.2) is 9.97 Å². The van der Waals surface area contributed by atoms with Crippen LogP contribution < -0.4 is 10.6 Å². The van der Waals surface area contributed by atoms with Gasteiger partial charge < -0.3 is 10.6 Å². The predicted octanol–water partition coefficient (Wildman–Crippen LogP) is 2.69. The topological polar surface area (TPSA) is 55.0 Å². The monoisotopic (exact) mass is 286 g/mol. The molecule has 1 heterocycles. The molecule has 16 heavy (non-hydrogen) atoms. The summed E-state index contributed by atoms with van der Waals surface area (Å²) in [5.41, 5.74) is 5.76. The number of nitrogen functional groups attached to an aromatic ring is 1. The van der Waals surface area contributed by atoms with Crippen molar-refractivity contribution in [2.24, 2.45) is 5.92 Å². The van der Waals surface area contributed by atoms with E-state index in [2.05, 4.69) is 58.5 Å². The zero-order valence-electron chi connectivity index (χ0n) is 10.2. The van der Waals surface area contributed by atoms with Crippen LogP contribution in [0.5, 0.6) is 0 Å². The van der Waals surface area contributed by atoms with E-state index in [0.717, 1.165) is 16.8 Å². The maximum atomic E-state index is 5.76. The molecule has 5 heteroatoms. The number of hydrogen-bond acceptors (Lipinski definition) is 4. The molecule has 0 radical (unpaired) electrons. The summed E-state index contributed by atoms with van der Waals surface area (Å²) in [6, 6.07) is 0.382. The Morgan fingerprint density at radius 3 is 2.44 bits per heavy atom. The molecular weight excluding hydrogens is 268 g/mol. The molecule has 0 saturated carbocycles. The third kappa shape index (κ3) is 3.07. The number of aromatic nitrogens is 2. The highest BCUT2D eigenvalue weighted by Gasteiger charge is 2.17. The second-order valence-corrected chi connectivity index (χ2v) is 5.33.